The molecule has 4 rings (SSSR count). The molecule has 1 atom stereocenters. The van der Waals surface area contributed by atoms with Crippen molar-refractivity contribution in [3.8, 4) is 11.1 Å². The van der Waals surface area contributed by atoms with Crippen LogP contribution in [-0.2, 0) is 9.53 Å². The van der Waals surface area contributed by atoms with Crippen LogP contribution in [0, 0.1) is 0 Å². The molecule has 6 heteroatoms. The van der Waals surface area contributed by atoms with Gasteiger partial charge in [0.15, 0.2) is 0 Å². The van der Waals surface area contributed by atoms with E-state index in [-0.39, 0.29) is 31.1 Å². The van der Waals surface area contributed by atoms with Gasteiger partial charge in [0.1, 0.15) is 6.61 Å². The van der Waals surface area contributed by atoms with E-state index < -0.39 is 5.97 Å². The zero-order valence-corrected chi connectivity index (χ0v) is 14.9. The molecule has 1 saturated heterocycles. The van der Waals surface area contributed by atoms with Crippen LogP contribution in [0.2, 0.25) is 0 Å². The maximum atomic E-state index is 12.5. The number of amides is 1. The highest BCUT2D eigenvalue weighted by atomic mass is 16.6. The van der Waals surface area contributed by atoms with E-state index in [2.05, 4.69) is 29.6 Å². The summed E-state index contributed by atoms with van der Waals surface area (Å²) in [5, 5.41) is 12.1. The van der Waals surface area contributed by atoms with Crippen molar-refractivity contribution >= 4 is 12.1 Å². The third-order valence-electron chi connectivity index (χ3n) is 5.27. The van der Waals surface area contributed by atoms with Crippen molar-refractivity contribution in [1.82, 2.24) is 10.2 Å². The Labute approximate surface area is 157 Å². The summed E-state index contributed by atoms with van der Waals surface area (Å²) in [7, 11) is 0. The number of rotatable bonds is 4. The number of carbonyl (C=O) groups excluding carboxylic acids is 1. The van der Waals surface area contributed by atoms with Gasteiger partial charge in [0.25, 0.3) is 0 Å². The Balaban J connectivity index is 1.44. The molecule has 1 aliphatic heterocycles. The van der Waals surface area contributed by atoms with Crippen LogP contribution >= 0.6 is 0 Å². The second-order valence-electron chi connectivity index (χ2n) is 7.00. The molecule has 2 aromatic carbocycles. The monoisotopic (exact) mass is 366 g/mol. The fourth-order valence-corrected chi connectivity index (χ4v) is 4.02. The first-order valence-electron chi connectivity index (χ1n) is 9.18. The number of piperazine rings is 1. The highest BCUT2D eigenvalue weighted by molar-refractivity contribution is 5.79. The van der Waals surface area contributed by atoms with Crippen molar-refractivity contribution in [1.29, 1.82) is 0 Å². The van der Waals surface area contributed by atoms with Crippen molar-refractivity contribution in [2.45, 2.75) is 18.4 Å². The van der Waals surface area contributed by atoms with Crippen LogP contribution in [0.3, 0.4) is 0 Å². The number of benzene rings is 2. The summed E-state index contributed by atoms with van der Waals surface area (Å²) in [6.07, 6.45) is -0.388. The van der Waals surface area contributed by atoms with E-state index in [1.807, 2.05) is 24.3 Å². The summed E-state index contributed by atoms with van der Waals surface area (Å²) in [6, 6.07) is 16.2. The fourth-order valence-electron chi connectivity index (χ4n) is 4.02. The van der Waals surface area contributed by atoms with Gasteiger partial charge in [0, 0.05) is 31.6 Å². The van der Waals surface area contributed by atoms with Gasteiger partial charge < -0.3 is 20.1 Å². The Morgan fingerprint density at radius 3 is 2.33 bits per heavy atom. The van der Waals surface area contributed by atoms with E-state index >= 15 is 0 Å². The van der Waals surface area contributed by atoms with Crippen molar-refractivity contribution in [2.24, 2.45) is 0 Å². The summed E-state index contributed by atoms with van der Waals surface area (Å²) in [6.45, 7) is 1.72. The lowest BCUT2D eigenvalue weighted by molar-refractivity contribution is -0.137. The lowest BCUT2D eigenvalue weighted by Crippen LogP contribution is -2.53. The van der Waals surface area contributed by atoms with E-state index in [1.165, 1.54) is 22.3 Å². The SMILES string of the molecule is O=C(O)CC1CN(C(=O)OCC2c3ccccc3-c3ccccc32)CCN1. The summed E-state index contributed by atoms with van der Waals surface area (Å²) in [4.78, 5) is 25.0. The first-order chi connectivity index (χ1) is 13.1. The highest BCUT2D eigenvalue weighted by Gasteiger charge is 2.31. The highest BCUT2D eigenvalue weighted by Crippen LogP contribution is 2.44. The normalized spacial score (nSPS) is 18.7. The predicted molar refractivity (Wildman–Crippen MR) is 101 cm³/mol. The Hall–Kier alpha value is -2.86. The average Bonchev–Trinajstić information content (AvgIpc) is 3.00. The molecule has 2 N–H and O–H groups in total. The zero-order valence-electron chi connectivity index (χ0n) is 14.9. The van der Waals surface area contributed by atoms with Gasteiger partial charge in [0.05, 0.1) is 6.42 Å². The Bertz CT molecular complexity index is 821. The minimum atomic E-state index is -0.873. The van der Waals surface area contributed by atoms with Gasteiger partial charge in [-0.05, 0) is 22.3 Å². The molecule has 1 heterocycles. The predicted octanol–water partition coefficient (Wildman–Crippen LogP) is 2.68. The number of hydrogen-bond donors (Lipinski definition) is 2. The average molecular weight is 366 g/mol. The summed E-state index contributed by atoms with van der Waals surface area (Å²) < 4.78 is 5.64. The van der Waals surface area contributed by atoms with Gasteiger partial charge in [-0.15, -0.1) is 0 Å². The molecule has 1 aliphatic carbocycles. The van der Waals surface area contributed by atoms with E-state index in [0.29, 0.717) is 19.6 Å². The molecule has 0 aromatic heterocycles. The Morgan fingerprint density at radius 1 is 1.07 bits per heavy atom. The lowest BCUT2D eigenvalue weighted by Gasteiger charge is -2.32. The molecule has 0 radical (unpaired) electrons. The topological polar surface area (TPSA) is 78.9 Å². The molecule has 0 saturated carbocycles. The molecule has 27 heavy (non-hydrogen) atoms. The van der Waals surface area contributed by atoms with Crippen molar-refractivity contribution in [2.75, 3.05) is 26.2 Å². The summed E-state index contributed by atoms with van der Waals surface area (Å²) >= 11 is 0. The smallest absolute Gasteiger partial charge is 0.409 e. The van der Waals surface area contributed by atoms with Crippen LogP contribution in [0.1, 0.15) is 23.5 Å². The largest absolute Gasteiger partial charge is 0.481 e. The van der Waals surface area contributed by atoms with Crippen molar-refractivity contribution < 1.29 is 19.4 Å². The second-order valence-corrected chi connectivity index (χ2v) is 7.00. The van der Waals surface area contributed by atoms with E-state index in [0.717, 1.165) is 0 Å². The van der Waals surface area contributed by atoms with Gasteiger partial charge in [-0.25, -0.2) is 4.79 Å². The van der Waals surface area contributed by atoms with Crippen LogP contribution in [0.25, 0.3) is 11.1 Å². The van der Waals surface area contributed by atoms with Gasteiger partial charge in [-0.3, -0.25) is 4.79 Å². The Morgan fingerprint density at radius 2 is 1.70 bits per heavy atom. The van der Waals surface area contributed by atoms with Crippen LogP contribution in [-0.4, -0.2) is 54.4 Å². The molecule has 6 nitrogen and oxygen atoms in total. The molecule has 0 bridgehead atoms. The van der Waals surface area contributed by atoms with Gasteiger partial charge in [-0.1, -0.05) is 48.5 Å². The quantitative estimate of drug-likeness (QED) is 0.870. The van der Waals surface area contributed by atoms with Crippen LogP contribution < -0.4 is 5.32 Å². The first kappa shape index (κ1) is 17.5. The lowest BCUT2D eigenvalue weighted by atomic mass is 9.98. The van der Waals surface area contributed by atoms with Crippen molar-refractivity contribution in [3.63, 3.8) is 0 Å². The number of ether oxygens (including phenoxy) is 1. The minimum Gasteiger partial charge on any atom is -0.481 e. The molecule has 1 amide bonds. The maximum absolute atomic E-state index is 12.5. The number of carbonyl (C=O) groups is 2. The van der Waals surface area contributed by atoms with E-state index in [1.54, 1.807) is 4.90 Å². The van der Waals surface area contributed by atoms with Crippen LogP contribution in [0.15, 0.2) is 48.5 Å². The maximum Gasteiger partial charge on any atom is 0.409 e. The van der Waals surface area contributed by atoms with Crippen molar-refractivity contribution in [3.05, 3.63) is 59.7 Å². The fraction of sp³-hybridized carbons (Fsp3) is 0.333. The summed E-state index contributed by atoms with van der Waals surface area (Å²) in [5.74, 6) is -0.846. The standard InChI is InChI=1S/C21H22N2O4/c24-20(25)11-14-12-23(10-9-22-14)21(26)27-13-19-17-7-3-1-5-15(17)16-6-2-4-8-18(16)19/h1-8,14,19,22H,9-13H2,(H,24,25). The zero-order chi connectivity index (χ0) is 18.8. The number of carboxylic acids is 1. The molecule has 1 fully saturated rings. The van der Waals surface area contributed by atoms with Gasteiger partial charge in [-0.2, -0.15) is 0 Å². The molecule has 2 aliphatic rings. The first-order valence-corrected chi connectivity index (χ1v) is 9.18. The third kappa shape index (κ3) is 3.53. The van der Waals surface area contributed by atoms with Crippen LogP contribution in [0.5, 0.6) is 0 Å². The molecule has 2 aromatic rings. The number of hydrogen-bond acceptors (Lipinski definition) is 4. The number of aliphatic carboxylic acids is 1. The third-order valence-corrected chi connectivity index (χ3v) is 5.27. The van der Waals surface area contributed by atoms with E-state index in [4.69, 9.17) is 9.84 Å². The minimum absolute atomic E-state index is 0.00679. The molecule has 1 unspecified atom stereocenters. The second kappa shape index (κ2) is 7.40. The number of carboxylic acid groups (broad SMARTS) is 1. The number of fused-ring (bicyclic) bond motifs is 3. The molecule has 140 valence electrons. The number of nitrogens with one attached hydrogen (secondary N) is 1. The summed E-state index contributed by atoms with van der Waals surface area (Å²) in [5.41, 5.74) is 4.74. The van der Waals surface area contributed by atoms with E-state index in [9.17, 15) is 9.59 Å². The van der Waals surface area contributed by atoms with Gasteiger partial charge >= 0.3 is 12.1 Å². The van der Waals surface area contributed by atoms with Crippen LogP contribution in [0.4, 0.5) is 4.79 Å². The Kier molecular flexibility index (Phi) is 4.81. The molecular weight excluding hydrogens is 344 g/mol. The molecule has 0 spiro atoms. The van der Waals surface area contributed by atoms with Gasteiger partial charge in [0.2, 0.25) is 0 Å². The number of nitrogens with zero attached hydrogens (tertiary/aromatic N) is 1. The molecular formula is C21H22N2O4.